The Hall–Kier alpha value is -0.940. The van der Waals surface area contributed by atoms with Gasteiger partial charge in [-0.15, -0.1) is 0 Å². The molecule has 1 saturated carbocycles. The normalized spacial score (nSPS) is 25.6. The minimum absolute atomic E-state index is 0.0207. The van der Waals surface area contributed by atoms with E-state index < -0.39 is 6.04 Å². The van der Waals surface area contributed by atoms with Crippen molar-refractivity contribution in [2.45, 2.75) is 70.0 Å². The molecular weight excluding hydrogens is 256 g/mol. The van der Waals surface area contributed by atoms with Gasteiger partial charge in [0.25, 0.3) is 0 Å². The van der Waals surface area contributed by atoms with Crippen molar-refractivity contribution in [2.24, 2.45) is 0 Å². The van der Waals surface area contributed by atoms with Crippen LogP contribution in [-0.2, 0) is 14.3 Å². The zero-order valence-electron chi connectivity index (χ0n) is 12.8. The molecule has 1 unspecified atom stereocenters. The number of likely N-dealkylation sites (tertiary alicyclic amines) is 1. The van der Waals surface area contributed by atoms with Gasteiger partial charge in [0.2, 0.25) is 11.8 Å². The first kappa shape index (κ1) is 15.4. The summed E-state index contributed by atoms with van der Waals surface area (Å²) in [6.07, 6.45) is 5.67. The molecule has 0 bridgehead atoms. The van der Waals surface area contributed by atoms with Gasteiger partial charge in [-0.1, -0.05) is 19.3 Å². The summed E-state index contributed by atoms with van der Waals surface area (Å²) in [7, 11) is 1.64. The SMILES string of the molecule is COCC(C)(C)NC1CC(=O)N(C2CCCCC2)C1=O. The number of amides is 2. The number of ether oxygens (including phenoxy) is 1. The van der Waals surface area contributed by atoms with E-state index in [2.05, 4.69) is 5.32 Å². The fourth-order valence-electron chi connectivity index (χ4n) is 3.36. The number of carbonyl (C=O) groups excluding carboxylic acids is 2. The van der Waals surface area contributed by atoms with E-state index >= 15 is 0 Å². The molecule has 5 heteroatoms. The largest absolute Gasteiger partial charge is 0.383 e. The molecule has 2 rings (SSSR count). The topological polar surface area (TPSA) is 58.6 Å². The highest BCUT2D eigenvalue weighted by Gasteiger charge is 2.43. The summed E-state index contributed by atoms with van der Waals surface area (Å²) in [5.74, 6) is -0.0707. The molecule has 2 fully saturated rings. The summed E-state index contributed by atoms with van der Waals surface area (Å²) < 4.78 is 5.15. The van der Waals surface area contributed by atoms with Crippen molar-refractivity contribution in [3.05, 3.63) is 0 Å². The van der Waals surface area contributed by atoms with Gasteiger partial charge in [0.1, 0.15) is 0 Å². The Labute approximate surface area is 121 Å². The van der Waals surface area contributed by atoms with E-state index in [-0.39, 0.29) is 29.8 Å². The third kappa shape index (κ3) is 3.38. The smallest absolute Gasteiger partial charge is 0.247 e. The summed E-state index contributed by atoms with van der Waals surface area (Å²) >= 11 is 0. The fraction of sp³-hybridized carbons (Fsp3) is 0.867. The van der Waals surface area contributed by atoms with Crippen LogP contribution in [0.25, 0.3) is 0 Å². The predicted octanol–water partition coefficient (Wildman–Crippen LogP) is 1.46. The third-order valence-corrected chi connectivity index (χ3v) is 4.19. The highest BCUT2D eigenvalue weighted by molar-refractivity contribution is 6.05. The van der Waals surface area contributed by atoms with Crippen LogP contribution in [0.4, 0.5) is 0 Å². The van der Waals surface area contributed by atoms with Crippen molar-refractivity contribution >= 4 is 11.8 Å². The summed E-state index contributed by atoms with van der Waals surface area (Å²) in [6.45, 7) is 4.48. The molecule has 1 aliphatic carbocycles. The lowest BCUT2D eigenvalue weighted by atomic mass is 9.94. The number of rotatable bonds is 5. The van der Waals surface area contributed by atoms with Gasteiger partial charge in [-0.3, -0.25) is 19.8 Å². The molecule has 0 aromatic carbocycles. The molecule has 1 aliphatic heterocycles. The van der Waals surface area contributed by atoms with E-state index in [0.29, 0.717) is 6.61 Å². The first-order valence-electron chi connectivity index (χ1n) is 7.57. The van der Waals surface area contributed by atoms with Crippen molar-refractivity contribution in [1.29, 1.82) is 0 Å². The summed E-state index contributed by atoms with van der Waals surface area (Å²) in [5, 5.41) is 3.27. The van der Waals surface area contributed by atoms with Crippen LogP contribution in [0.2, 0.25) is 0 Å². The lowest BCUT2D eigenvalue weighted by molar-refractivity contribution is -0.142. The second-order valence-corrected chi connectivity index (χ2v) is 6.61. The average molecular weight is 282 g/mol. The second kappa shape index (κ2) is 6.22. The molecule has 2 aliphatic rings. The molecular formula is C15H26N2O3. The minimum Gasteiger partial charge on any atom is -0.383 e. The summed E-state index contributed by atoms with van der Waals surface area (Å²) in [6, 6.07) is -0.268. The Balaban J connectivity index is 2.01. The highest BCUT2D eigenvalue weighted by atomic mass is 16.5. The molecule has 1 saturated heterocycles. The predicted molar refractivity (Wildman–Crippen MR) is 76.2 cm³/mol. The van der Waals surface area contributed by atoms with E-state index in [0.717, 1.165) is 25.7 Å². The maximum Gasteiger partial charge on any atom is 0.247 e. The van der Waals surface area contributed by atoms with Crippen LogP contribution < -0.4 is 5.32 Å². The van der Waals surface area contributed by atoms with Gasteiger partial charge in [0.15, 0.2) is 0 Å². The number of imide groups is 1. The Morgan fingerprint density at radius 1 is 1.25 bits per heavy atom. The van der Waals surface area contributed by atoms with Crippen molar-refractivity contribution in [3.63, 3.8) is 0 Å². The molecule has 0 aromatic heterocycles. The van der Waals surface area contributed by atoms with Crippen molar-refractivity contribution in [3.8, 4) is 0 Å². The highest BCUT2D eigenvalue weighted by Crippen LogP contribution is 2.27. The lowest BCUT2D eigenvalue weighted by Gasteiger charge is -2.31. The summed E-state index contributed by atoms with van der Waals surface area (Å²) in [5.41, 5.74) is -0.308. The number of hydrogen-bond donors (Lipinski definition) is 1. The van der Waals surface area contributed by atoms with Gasteiger partial charge in [-0.2, -0.15) is 0 Å². The molecule has 1 heterocycles. The number of methoxy groups -OCH3 is 1. The van der Waals surface area contributed by atoms with Crippen LogP contribution in [-0.4, -0.2) is 48.1 Å². The molecule has 1 atom stereocenters. The van der Waals surface area contributed by atoms with E-state index in [1.54, 1.807) is 7.11 Å². The summed E-state index contributed by atoms with van der Waals surface area (Å²) in [4.78, 5) is 26.2. The minimum atomic E-state index is -0.394. The van der Waals surface area contributed by atoms with Gasteiger partial charge >= 0.3 is 0 Å². The Morgan fingerprint density at radius 3 is 2.50 bits per heavy atom. The molecule has 5 nitrogen and oxygen atoms in total. The molecule has 114 valence electrons. The average Bonchev–Trinajstić information content (AvgIpc) is 2.64. The Bertz CT molecular complexity index is 375. The van der Waals surface area contributed by atoms with Gasteiger partial charge in [0, 0.05) is 18.7 Å². The molecule has 20 heavy (non-hydrogen) atoms. The second-order valence-electron chi connectivity index (χ2n) is 6.61. The number of nitrogens with one attached hydrogen (secondary N) is 1. The van der Waals surface area contributed by atoms with Crippen LogP contribution in [0.15, 0.2) is 0 Å². The molecule has 0 radical (unpaired) electrons. The van der Waals surface area contributed by atoms with Crippen molar-refractivity contribution < 1.29 is 14.3 Å². The molecule has 0 aromatic rings. The zero-order chi connectivity index (χ0) is 14.8. The van der Waals surface area contributed by atoms with E-state index in [9.17, 15) is 9.59 Å². The Kier molecular flexibility index (Phi) is 4.81. The van der Waals surface area contributed by atoms with Crippen LogP contribution in [0.3, 0.4) is 0 Å². The van der Waals surface area contributed by atoms with E-state index in [1.807, 2.05) is 13.8 Å². The van der Waals surface area contributed by atoms with Crippen LogP contribution >= 0.6 is 0 Å². The number of nitrogens with zero attached hydrogens (tertiary/aromatic N) is 1. The quantitative estimate of drug-likeness (QED) is 0.776. The first-order valence-corrected chi connectivity index (χ1v) is 7.57. The monoisotopic (exact) mass is 282 g/mol. The Morgan fingerprint density at radius 2 is 1.90 bits per heavy atom. The number of carbonyl (C=O) groups is 2. The maximum atomic E-state index is 12.5. The van der Waals surface area contributed by atoms with E-state index in [4.69, 9.17) is 4.74 Å². The van der Waals surface area contributed by atoms with Gasteiger partial charge in [0.05, 0.1) is 19.1 Å². The molecule has 1 N–H and O–H groups in total. The third-order valence-electron chi connectivity index (χ3n) is 4.19. The van der Waals surface area contributed by atoms with Crippen molar-refractivity contribution in [2.75, 3.05) is 13.7 Å². The van der Waals surface area contributed by atoms with Gasteiger partial charge < -0.3 is 4.74 Å². The van der Waals surface area contributed by atoms with Crippen LogP contribution in [0.1, 0.15) is 52.4 Å². The molecule has 0 spiro atoms. The number of hydrogen-bond acceptors (Lipinski definition) is 4. The van der Waals surface area contributed by atoms with E-state index in [1.165, 1.54) is 11.3 Å². The van der Waals surface area contributed by atoms with Crippen molar-refractivity contribution in [1.82, 2.24) is 10.2 Å². The standard InChI is InChI=1S/C15H26N2O3/c1-15(2,10-20-3)16-12-9-13(18)17(14(12)19)11-7-5-4-6-8-11/h11-12,16H,4-10H2,1-3H3. The van der Waals surface area contributed by atoms with Crippen LogP contribution in [0.5, 0.6) is 0 Å². The zero-order valence-corrected chi connectivity index (χ0v) is 12.8. The van der Waals surface area contributed by atoms with Crippen LogP contribution in [0, 0.1) is 0 Å². The lowest BCUT2D eigenvalue weighted by Crippen LogP contribution is -2.52. The first-order chi connectivity index (χ1) is 9.44. The fourth-order valence-corrected chi connectivity index (χ4v) is 3.36. The van der Waals surface area contributed by atoms with Gasteiger partial charge in [-0.05, 0) is 26.7 Å². The maximum absolute atomic E-state index is 12.5. The molecule has 2 amide bonds. The van der Waals surface area contributed by atoms with Gasteiger partial charge in [-0.25, -0.2) is 0 Å².